The molecule has 32 heavy (non-hydrogen) atoms. The number of aliphatic carboxylic acids is 1. The quantitative estimate of drug-likeness (QED) is 0.353. The standard InChI is InChI=1S/C26H28N2O4/c1-18(26(29)30)28-32-25(21-8-3-2-4-9-21)22-13-11-19(12-14-22)17-31-24-16-15-20-7-5-6-10-23(20)27-24/h5-7,10-16,21,25H,2-4,8-9,17H2,1H3,(H,29,30)/b28-18+. The molecule has 1 aliphatic rings. The van der Waals surface area contributed by atoms with Gasteiger partial charge in [-0.25, -0.2) is 9.78 Å². The highest BCUT2D eigenvalue weighted by Crippen LogP contribution is 2.37. The SMILES string of the molecule is C/C(=N\OC(c1ccc(COc2ccc3ccccc3n2)cc1)C1CCCCC1)C(=O)O. The second kappa shape index (κ2) is 10.3. The number of fused-ring (bicyclic) bond motifs is 1. The van der Waals surface area contributed by atoms with Gasteiger partial charge in [-0.2, -0.15) is 0 Å². The van der Waals surface area contributed by atoms with Gasteiger partial charge in [0.2, 0.25) is 5.88 Å². The van der Waals surface area contributed by atoms with Gasteiger partial charge in [0.1, 0.15) is 6.61 Å². The lowest BCUT2D eigenvalue weighted by Crippen LogP contribution is -2.19. The minimum Gasteiger partial charge on any atom is -0.477 e. The second-order valence-electron chi connectivity index (χ2n) is 8.28. The van der Waals surface area contributed by atoms with E-state index in [9.17, 15) is 4.79 Å². The Morgan fingerprint density at radius 2 is 1.81 bits per heavy atom. The summed E-state index contributed by atoms with van der Waals surface area (Å²) in [6, 6.07) is 19.9. The van der Waals surface area contributed by atoms with Crippen LogP contribution in [-0.2, 0) is 16.2 Å². The van der Waals surface area contributed by atoms with Crippen LogP contribution in [0.4, 0.5) is 0 Å². The number of carbonyl (C=O) groups is 1. The predicted octanol–water partition coefficient (Wildman–Crippen LogP) is 5.91. The van der Waals surface area contributed by atoms with Gasteiger partial charge in [-0.3, -0.25) is 0 Å². The third-order valence-corrected chi connectivity index (χ3v) is 5.96. The molecule has 2 aromatic carbocycles. The number of para-hydroxylation sites is 1. The Labute approximate surface area is 187 Å². The van der Waals surface area contributed by atoms with E-state index in [1.54, 1.807) is 0 Å². The zero-order valence-corrected chi connectivity index (χ0v) is 18.2. The minimum atomic E-state index is -1.07. The molecule has 1 N–H and O–H groups in total. The van der Waals surface area contributed by atoms with Gasteiger partial charge in [-0.1, -0.05) is 66.9 Å². The van der Waals surface area contributed by atoms with Crippen molar-refractivity contribution < 1.29 is 19.5 Å². The number of hydrogen-bond donors (Lipinski definition) is 1. The van der Waals surface area contributed by atoms with Crippen LogP contribution in [0.25, 0.3) is 10.9 Å². The van der Waals surface area contributed by atoms with Crippen LogP contribution in [0.15, 0.2) is 65.8 Å². The number of benzene rings is 2. The van der Waals surface area contributed by atoms with Gasteiger partial charge in [-0.05, 0) is 43.0 Å². The van der Waals surface area contributed by atoms with E-state index in [2.05, 4.69) is 10.1 Å². The summed E-state index contributed by atoms with van der Waals surface area (Å²) < 4.78 is 5.89. The minimum absolute atomic E-state index is 0.0429. The van der Waals surface area contributed by atoms with Crippen molar-refractivity contribution in [1.82, 2.24) is 4.98 Å². The molecule has 3 aromatic rings. The molecule has 1 unspecified atom stereocenters. The Balaban J connectivity index is 1.45. The molecule has 1 heterocycles. The molecule has 0 saturated heterocycles. The van der Waals surface area contributed by atoms with Crippen LogP contribution in [0.5, 0.6) is 5.88 Å². The number of pyridine rings is 1. The first-order valence-corrected chi connectivity index (χ1v) is 11.1. The molecule has 1 fully saturated rings. The first-order valence-electron chi connectivity index (χ1n) is 11.1. The largest absolute Gasteiger partial charge is 0.477 e. The van der Waals surface area contributed by atoms with Crippen molar-refractivity contribution in [2.45, 2.75) is 51.7 Å². The molecule has 0 bridgehead atoms. The van der Waals surface area contributed by atoms with Gasteiger partial charge in [-0.15, -0.1) is 0 Å². The number of nitrogens with zero attached hydrogens (tertiary/aromatic N) is 2. The third kappa shape index (κ3) is 5.44. The molecule has 0 spiro atoms. The fraction of sp³-hybridized carbons (Fsp3) is 0.346. The number of carboxylic acid groups (broad SMARTS) is 1. The van der Waals surface area contributed by atoms with E-state index >= 15 is 0 Å². The van der Waals surface area contributed by atoms with Gasteiger partial charge in [0.15, 0.2) is 11.8 Å². The summed E-state index contributed by atoms with van der Waals surface area (Å²) in [5.41, 5.74) is 2.89. The zero-order chi connectivity index (χ0) is 22.3. The molecule has 1 aliphatic carbocycles. The highest BCUT2D eigenvalue weighted by molar-refractivity contribution is 6.34. The smallest absolute Gasteiger partial charge is 0.353 e. The van der Waals surface area contributed by atoms with Crippen LogP contribution in [-0.4, -0.2) is 21.8 Å². The number of ether oxygens (including phenoxy) is 1. The molecule has 166 valence electrons. The summed E-state index contributed by atoms with van der Waals surface area (Å²) in [7, 11) is 0. The van der Waals surface area contributed by atoms with E-state index in [4.69, 9.17) is 14.7 Å². The predicted molar refractivity (Wildman–Crippen MR) is 124 cm³/mol. The molecule has 0 radical (unpaired) electrons. The maximum atomic E-state index is 11.1. The first kappa shape index (κ1) is 21.8. The topological polar surface area (TPSA) is 81.0 Å². The highest BCUT2D eigenvalue weighted by Gasteiger charge is 2.27. The summed E-state index contributed by atoms with van der Waals surface area (Å²) in [6.45, 7) is 1.86. The monoisotopic (exact) mass is 432 g/mol. The average molecular weight is 433 g/mol. The van der Waals surface area contributed by atoms with Crippen molar-refractivity contribution in [3.05, 3.63) is 71.8 Å². The Kier molecular flexibility index (Phi) is 7.00. The Morgan fingerprint density at radius 3 is 2.56 bits per heavy atom. The van der Waals surface area contributed by atoms with Crippen LogP contribution in [0.1, 0.15) is 56.3 Å². The molecule has 6 nitrogen and oxygen atoms in total. The molecule has 6 heteroatoms. The Hall–Kier alpha value is -3.41. The summed E-state index contributed by atoms with van der Waals surface area (Å²) in [5, 5.41) is 14.1. The third-order valence-electron chi connectivity index (χ3n) is 5.96. The molecular weight excluding hydrogens is 404 g/mol. The van der Waals surface area contributed by atoms with Gasteiger partial charge >= 0.3 is 5.97 Å². The lowest BCUT2D eigenvalue weighted by atomic mass is 9.82. The molecule has 0 aliphatic heterocycles. The van der Waals surface area contributed by atoms with Gasteiger partial charge in [0, 0.05) is 17.4 Å². The van der Waals surface area contributed by atoms with Crippen LogP contribution in [0, 0.1) is 5.92 Å². The number of oxime groups is 1. The second-order valence-corrected chi connectivity index (χ2v) is 8.28. The first-order chi connectivity index (χ1) is 15.6. The maximum Gasteiger partial charge on any atom is 0.353 e. The van der Waals surface area contributed by atoms with Crippen molar-refractivity contribution in [3.63, 3.8) is 0 Å². The van der Waals surface area contributed by atoms with Crippen LogP contribution >= 0.6 is 0 Å². The molecule has 1 atom stereocenters. The van der Waals surface area contributed by atoms with Crippen molar-refractivity contribution in [3.8, 4) is 5.88 Å². The van der Waals surface area contributed by atoms with Gasteiger partial charge in [0.25, 0.3) is 0 Å². The molecule has 1 aromatic heterocycles. The van der Waals surface area contributed by atoms with E-state index in [0.717, 1.165) is 47.7 Å². The summed E-state index contributed by atoms with van der Waals surface area (Å²) >= 11 is 0. The van der Waals surface area contributed by atoms with Crippen molar-refractivity contribution in [2.24, 2.45) is 11.1 Å². The van der Waals surface area contributed by atoms with E-state index in [1.807, 2.05) is 60.7 Å². The maximum absolute atomic E-state index is 11.1. The molecule has 1 saturated carbocycles. The van der Waals surface area contributed by atoms with Crippen molar-refractivity contribution >= 4 is 22.6 Å². The fourth-order valence-electron chi connectivity index (χ4n) is 4.12. The van der Waals surface area contributed by atoms with Crippen LogP contribution < -0.4 is 4.74 Å². The lowest BCUT2D eigenvalue weighted by Gasteiger charge is -2.29. The fourth-order valence-corrected chi connectivity index (χ4v) is 4.12. The number of carboxylic acids is 1. The Morgan fingerprint density at radius 1 is 1.06 bits per heavy atom. The number of hydrogen-bond acceptors (Lipinski definition) is 5. The molecular formula is C26H28N2O4. The lowest BCUT2D eigenvalue weighted by molar-refractivity contribution is -0.129. The van der Waals surface area contributed by atoms with Crippen molar-refractivity contribution in [1.29, 1.82) is 0 Å². The summed E-state index contributed by atoms with van der Waals surface area (Å²) in [6.07, 6.45) is 5.44. The highest BCUT2D eigenvalue weighted by atomic mass is 16.6. The van der Waals surface area contributed by atoms with Gasteiger partial charge in [0.05, 0.1) is 5.52 Å². The van der Waals surface area contributed by atoms with Crippen molar-refractivity contribution in [2.75, 3.05) is 0 Å². The van der Waals surface area contributed by atoms with E-state index in [0.29, 0.717) is 18.4 Å². The number of aromatic nitrogens is 1. The molecule has 4 rings (SSSR count). The normalized spacial score (nSPS) is 16.0. The van der Waals surface area contributed by atoms with Crippen LogP contribution in [0.3, 0.4) is 0 Å². The molecule has 0 amide bonds. The van der Waals surface area contributed by atoms with Gasteiger partial charge < -0.3 is 14.7 Å². The van der Waals surface area contributed by atoms with E-state index < -0.39 is 5.97 Å². The summed E-state index contributed by atoms with van der Waals surface area (Å²) in [5.74, 6) is -0.144. The van der Waals surface area contributed by atoms with E-state index in [1.165, 1.54) is 13.3 Å². The average Bonchev–Trinajstić information content (AvgIpc) is 2.84. The Bertz CT molecular complexity index is 1090. The zero-order valence-electron chi connectivity index (χ0n) is 18.2. The number of rotatable bonds is 8. The summed E-state index contributed by atoms with van der Waals surface area (Å²) in [4.78, 5) is 21.4. The van der Waals surface area contributed by atoms with E-state index in [-0.39, 0.29) is 11.8 Å². The van der Waals surface area contributed by atoms with Crippen LogP contribution in [0.2, 0.25) is 0 Å².